The van der Waals surface area contributed by atoms with E-state index in [2.05, 4.69) is 20.1 Å². The number of hydrogen-bond donors (Lipinski definition) is 1. The summed E-state index contributed by atoms with van der Waals surface area (Å²) >= 11 is 0. The molecule has 0 spiro atoms. The van der Waals surface area contributed by atoms with Gasteiger partial charge in [0, 0.05) is 32.6 Å². The van der Waals surface area contributed by atoms with Gasteiger partial charge in [-0.2, -0.15) is 0 Å². The number of carbonyl (C=O) groups excluding carboxylic acids is 1. The number of aromatic nitrogens is 3. The fourth-order valence-corrected chi connectivity index (χ4v) is 3.22. The van der Waals surface area contributed by atoms with Crippen LogP contribution in [0.25, 0.3) is 0 Å². The van der Waals surface area contributed by atoms with Gasteiger partial charge in [-0.05, 0) is 37.5 Å². The molecule has 1 atom stereocenters. The second-order valence-corrected chi connectivity index (χ2v) is 6.41. The molecule has 25 heavy (non-hydrogen) atoms. The zero-order chi connectivity index (χ0) is 17.8. The van der Waals surface area contributed by atoms with E-state index in [-0.39, 0.29) is 12.1 Å². The number of rotatable bonds is 4. The summed E-state index contributed by atoms with van der Waals surface area (Å²) < 4.78 is 7.30. The van der Waals surface area contributed by atoms with Gasteiger partial charge in [0.2, 0.25) is 0 Å². The summed E-state index contributed by atoms with van der Waals surface area (Å²) in [4.78, 5) is 14.3. The number of methoxy groups -OCH3 is 1. The summed E-state index contributed by atoms with van der Waals surface area (Å²) in [7, 11) is 3.51. The summed E-state index contributed by atoms with van der Waals surface area (Å²) in [6, 6.07) is 7.87. The summed E-state index contributed by atoms with van der Waals surface area (Å²) in [5.74, 6) is 2.78. The Morgan fingerprint density at radius 2 is 2.08 bits per heavy atom. The first-order valence-corrected chi connectivity index (χ1v) is 8.60. The number of aryl methyl sites for hydroxylation is 2. The maximum atomic E-state index is 12.5. The molecule has 0 saturated heterocycles. The molecule has 0 radical (unpaired) electrons. The van der Waals surface area contributed by atoms with Crippen molar-refractivity contribution in [3.05, 3.63) is 41.5 Å². The molecule has 7 nitrogen and oxygen atoms in total. The van der Waals surface area contributed by atoms with Gasteiger partial charge in [-0.15, -0.1) is 10.2 Å². The molecule has 1 N–H and O–H groups in total. The van der Waals surface area contributed by atoms with Crippen LogP contribution in [-0.4, -0.2) is 45.9 Å². The Hall–Kier alpha value is -2.57. The van der Waals surface area contributed by atoms with Crippen molar-refractivity contribution in [2.24, 2.45) is 0 Å². The van der Waals surface area contributed by atoms with Gasteiger partial charge in [0.15, 0.2) is 0 Å². The Labute approximate surface area is 148 Å². The number of benzene rings is 1. The zero-order valence-corrected chi connectivity index (χ0v) is 15.0. The summed E-state index contributed by atoms with van der Waals surface area (Å²) in [5, 5.41) is 11.4. The highest BCUT2D eigenvalue weighted by atomic mass is 16.5. The van der Waals surface area contributed by atoms with Gasteiger partial charge < -0.3 is 19.5 Å². The number of ether oxygens (including phenoxy) is 1. The lowest BCUT2D eigenvalue weighted by Crippen LogP contribution is -2.43. The largest absolute Gasteiger partial charge is 0.497 e. The molecule has 7 heteroatoms. The molecule has 0 fully saturated rings. The molecule has 134 valence electrons. The van der Waals surface area contributed by atoms with Crippen molar-refractivity contribution in [1.29, 1.82) is 0 Å². The van der Waals surface area contributed by atoms with Crippen LogP contribution in [0.4, 0.5) is 4.79 Å². The van der Waals surface area contributed by atoms with Gasteiger partial charge in [-0.25, -0.2) is 4.79 Å². The minimum absolute atomic E-state index is 0.0461. The van der Waals surface area contributed by atoms with Crippen LogP contribution in [0.1, 0.15) is 30.1 Å². The average molecular weight is 343 g/mol. The Balaban J connectivity index is 1.53. The van der Waals surface area contributed by atoms with Crippen LogP contribution in [0.2, 0.25) is 0 Å². The van der Waals surface area contributed by atoms with Crippen molar-refractivity contribution in [2.45, 2.75) is 45.3 Å². The molecular formula is C18H25N5O2. The zero-order valence-electron chi connectivity index (χ0n) is 15.0. The Morgan fingerprint density at radius 1 is 1.32 bits per heavy atom. The highest BCUT2D eigenvalue weighted by Crippen LogP contribution is 2.18. The first-order chi connectivity index (χ1) is 12.1. The number of nitrogens with one attached hydrogen (secondary N) is 1. The summed E-state index contributed by atoms with van der Waals surface area (Å²) in [6.45, 7) is 3.33. The van der Waals surface area contributed by atoms with Crippen LogP contribution in [0.5, 0.6) is 5.75 Å². The van der Waals surface area contributed by atoms with E-state index in [0.717, 1.165) is 48.8 Å². The van der Waals surface area contributed by atoms with Gasteiger partial charge in [0.05, 0.1) is 7.11 Å². The number of carbonyl (C=O) groups is 1. The van der Waals surface area contributed by atoms with E-state index in [0.29, 0.717) is 6.54 Å². The molecule has 1 unspecified atom stereocenters. The molecule has 1 aliphatic heterocycles. The fourth-order valence-electron chi connectivity index (χ4n) is 3.22. The summed E-state index contributed by atoms with van der Waals surface area (Å²) in [6.07, 6.45) is 2.67. The smallest absolute Gasteiger partial charge is 0.317 e. The molecule has 2 amide bonds. The number of nitrogens with zero attached hydrogens (tertiary/aromatic N) is 4. The maximum absolute atomic E-state index is 12.5. The Morgan fingerprint density at radius 3 is 2.80 bits per heavy atom. The van der Waals surface area contributed by atoms with Crippen LogP contribution in [-0.2, 0) is 19.5 Å². The Bertz CT molecular complexity index is 726. The second-order valence-electron chi connectivity index (χ2n) is 6.41. The van der Waals surface area contributed by atoms with Crippen molar-refractivity contribution in [1.82, 2.24) is 25.0 Å². The monoisotopic (exact) mass is 343 g/mol. The van der Waals surface area contributed by atoms with Crippen molar-refractivity contribution in [3.8, 4) is 5.75 Å². The third-order valence-electron chi connectivity index (χ3n) is 4.87. The highest BCUT2D eigenvalue weighted by Gasteiger charge is 2.24. The van der Waals surface area contributed by atoms with Crippen molar-refractivity contribution >= 4 is 6.03 Å². The van der Waals surface area contributed by atoms with Crippen molar-refractivity contribution in [3.63, 3.8) is 0 Å². The number of hydrogen-bond acceptors (Lipinski definition) is 4. The molecule has 3 rings (SSSR count). The normalized spacial score (nSPS) is 16.7. The molecule has 1 aliphatic rings. The molecule has 0 bridgehead atoms. The molecular weight excluding hydrogens is 318 g/mol. The van der Waals surface area contributed by atoms with Gasteiger partial charge in [0.25, 0.3) is 0 Å². The fraction of sp³-hybridized carbons (Fsp3) is 0.500. The van der Waals surface area contributed by atoms with Crippen LogP contribution in [0, 0.1) is 6.92 Å². The standard InChI is InChI=1S/C18H25N5O2/c1-13-20-21-17-9-6-15(10-11-23(13)17)22(2)18(24)19-12-14-4-7-16(25-3)8-5-14/h4-5,7-8,15H,6,9-12H2,1-3H3,(H,19,24). The number of amides is 2. The predicted molar refractivity (Wildman–Crippen MR) is 94.5 cm³/mol. The van der Waals surface area contributed by atoms with Crippen LogP contribution >= 0.6 is 0 Å². The van der Waals surface area contributed by atoms with Gasteiger partial charge >= 0.3 is 6.03 Å². The lowest BCUT2D eigenvalue weighted by Gasteiger charge is -2.27. The Kier molecular flexibility index (Phi) is 5.21. The van der Waals surface area contributed by atoms with E-state index < -0.39 is 0 Å². The van der Waals surface area contributed by atoms with E-state index in [4.69, 9.17) is 4.74 Å². The van der Waals surface area contributed by atoms with Crippen molar-refractivity contribution in [2.75, 3.05) is 14.2 Å². The van der Waals surface area contributed by atoms with Crippen molar-refractivity contribution < 1.29 is 9.53 Å². The molecule has 0 saturated carbocycles. The van der Waals surface area contributed by atoms with E-state index in [1.807, 2.05) is 43.1 Å². The SMILES string of the molecule is COc1ccc(CNC(=O)N(C)C2CCc3nnc(C)n3CC2)cc1. The molecule has 1 aromatic carbocycles. The van der Waals surface area contributed by atoms with Gasteiger partial charge in [-0.1, -0.05) is 12.1 Å². The number of urea groups is 1. The minimum atomic E-state index is -0.0461. The minimum Gasteiger partial charge on any atom is -0.497 e. The first kappa shape index (κ1) is 17.3. The van der Waals surface area contributed by atoms with Gasteiger partial charge in [-0.3, -0.25) is 0 Å². The van der Waals surface area contributed by atoms with E-state index in [1.54, 1.807) is 7.11 Å². The average Bonchev–Trinajstić information content (AvgIpc) is 2.86. The first-order valence-electron chi connectivity index (χ1n) is 8.60. The second kappa shape index (κ2) is 7.55. The quantitative estimate of drug-likeness (QED) is 0.923. The molecule has 1 aromatic heterocycles. The predicted octanol–water partition coefficient (Wildman–Crippen LogP) is 2.14. The molecule has 2 aromatic rings. The van der Waals surface area contributed by atoms with E-state index in [1.165, 1.54) is 0 Å². The van der Waals surface area contributed by atoms with Crippen LogP contribution in [0.15, 0.2) is 24.3 Å². The van der Waals surface area contributed by atoms with Gasteiger partial charge in [0.1, 0.15) is 17.4 Å². The topological polar surface area (TPSA) is 72.3 Å². The van der Waals surface area contributed by atoms with Crippen LogP contribution < -0.4 is 10.1 Å². The summed E-state index contributed by atoms with van der Waals surface area (Å²) in [5.41, 5.74) is 1.05. The maximum Gasteiger partial charge on any atom is 0.317 e. The molecule has 0 aliphatic carbocycles. The lowest BCUT2D eigenvalue weighted by molar-refractivity contribution is 0.183. The lowest BCUT2D eigenvalue weighted by atomic mass is 10.1. The number of fused-ring (bicyclic) bond motifs is 1. The third kappa shape index (κ3) is 3.92. The van der Waals surface area contributed by atoms with E-state index >= 15 is 0 Å². The third-order valence-corrected chi connectivity index (χ3v) is 4.87. The van der Waals surface area contributed by atoms with E-state index in [9.17, 15) is 4.79 Å². The van der Waals surface area contributed by atoms with Crippen LogP contribution in [0.3, 0.4) is 0 Å². The molecule has 2 heterocycles. The highest BCUT2D eigenvalue weighted by molar-refractivity contribution is 5.74.